The normalized spacial score (nSPS) is 9.32. The first-order valence-corrected chi connectivity index (χ1v) is 5.72. The van der Waals surface area contributed by atoms with Crippen molar-refractivity contribution in [3.05, 3.63) is 59.9 Å². The van der Waals surface area contributed by atoms with Gasteiger partial charge in [0.15, 0.2) is 0 Å². The number of carbonyl (C=O) groups is 1. The van der Waals surface area contributed by atoms with Gasteiger partial charge in [-0.15, -0.1) is 0 Å². The molecular formula is C15H12N2O2. The number of aromatic nitrogens is 1. The number of anilines is 1. The van der Waals surface area contributed by atoms with E-state index in [9.17, 15) is 4.79 Å². The van der Waals surface area contributed by atoms with Crippen molar-refractivity contribution < 1.29 is 9.90 Å². The van der Waals surface area contributed by atoms with Crippen LogP contribution in [0.4, 0.5) is 5.69 Å². The summed E-state index contributed by atoms with van der Waals surface area (Å²) < 4.78 is 0. The Morgan fingerprint density at radius 1 is 1.21 bits per heavy atom. The standard InChI is InChI=1S/C15H12N2O2/c18-11-5-7-12-6-4-10-16-14(12)15(19)17-13-8-2-1-3-9-13/h1-4,6,8-10,18H,11H2,(H,17,19). The Bertz CT molecular complexity index is 627. The molecule has 0 saturated heterocycles. The molecule has 4 heteroatoms. The van der Waals surface area contributed by atoms with Crippen LogP contribution < -0.4 is 5.32 Å². The molecule has 0 spiro atoms. The van der Waals surface area contributed by atoms with Crippen molar-refractivity contribution in [3.63, 3.8) is 0 Å². The van der Waals surface area contributed by atoms with E-state index in [1.165, 1.54) is 6.20 Å². The van der Waals surface area contributed by atoms with Gasteiger partial charge in [-0.05, 0) is 24.3 Å². The van der Waals surface area contributed by atoms with E-state index in [1.807, 2.05) is 18.2 Å². The predicted octanol–water partition coefficient (Wildman–Crippen LogP) is 1.68. The van der Waals surface area contributed by atoms with E-state index in [1.54, 1.807) is 24.3 Å². The fraction of sp³-hybridized carbons (Fsp3) is 0.0667. The van der Waals surface area contributed by atoms with E-state index in [0.717, 1.165) is 0 Å². The van der Waals surface area contributed by atoms with Crippen LogP contribution in [-0.4, -0.2) is 22.6 Å². The van der Waals surface area contributed by atoms with Gasteiger partial charge in [0.2, 0.25) is 0 Å². The van der Waals surface area contributed by atoms with Gasteiger partial charge in [0, 0.05) is 11.9 Å². The molecule has 1 heterocycles. The minimum Gasteiger partial charge on any atom is -0.384 e. The Labute approximate surface area is 111 Å². The Kier molecular flexibility index (Phi) is 4.27. The first-order chi connectivity index (χ1) is 9.31. The number of para-hydroxylation sites is 1. The van der Waals surface area contributed by atoms with Gasteiger partial charge in [-0.1, -0.05) is 30.0 Å². The molecule has 0 fully saturated rings. The molecule has 1 aromatic carbocycles. The van der Waals surface area contributed by atoms with Crippen LogP contribution in [0.15, 0.2) is 48.7 Å². The quantitative estimate of drug-likeness (QED) is 0.799. The molecular weight excluding hydrogens is 240 g/mol. The average molecular weight is 252 g/mol. The zero-order chi connectivity index (χ0) is 13.5. The van der Waals surface area contributed by atoms with Crippen LogP contribution in [0.5, 0.6) is 0 Å². The molecule has 0 unspecified atom stereocenters. The summed E-state index contributed by atoms with van der Waals surface area (Å²) in [4.78, 5) is 16.1. The molecule has 19 heavy (non-hydrogen) atoms. The van der Waals surface area contributed by atoms with Gasteiger partial charge in [-0.2, -0.15) is 0 Å². The highest BCUT2D eigenvalue weighted by Crippen LogP contribution is 2.09. The fourth-order valence-electron chi connectivity index (χ4n) is 1.53. The lowest BCUT2D eigenvalue weighted by atomic mass is 10.2. The van der Waals surface area contributed by atoms with Crippen molar-refractivity contribution in [1.29, 1.82) is 0 Å². The van der Waals surface area contributed by atoms with Crippen molar-refractivity contribution in [2.75, 3.05) is 11.9 Å². The average Bonchev–Trinajstić information content (AvgIpc) is 2.46. The van der Waals surface area contributed by atoms with Crippen LogP contribution >= 0.6 is 0 Å². The molecule has 0 atom stereocenters. The first-order valence-electron chi connectivity index (χ1n) is 5.72. The number of nitrogens with zero attached hydrogens (tertiary/aromatic N) is 1. The molecule has 1 amide bonds. The van der Waals surface area contributed by atoms with E-state index in [-0.39, 0.29) is 18.2 Å². The molecule has 0 aliphatic heterocycles. The molecule has 2 aromatic rings. The maximum Gasteiger partial charge on any atom is 0.275 e. The number of hydrogen-bond donors (Lipinski definition) is 2. The number of benzene rings is 1. The predicted molar refractivity (Wildman–Crippen MR) is 72.6 cm³/mol. The maximum atomic E-state index is 12.1. The van der Waals surface area contributed by atoms with Crippen LogP contribution in [-0.2, 0) is 0 Å². The molecule has 4 nitrogen and oxygen atoms in total. The van der Waals surface area contributed by atoms with Crippen LogP contribution in [0.3, 0.4) is 0 Å². The van der Waals surface area contributed by atoms with Gasteiger partial charge >= 0.3 is 0 Å². The Balaban J connectivity index is 2.24. The van der Waals surface area contributed by atoms with E-state index >= 15 is 0 Å². The van der Waals surface area contributed by atoms with Crippen molar-refractivity contribution in [2.45, 2.75) is 0 Å². The first kappa shape index (κ1) is 12.8. The molecule has 0 aliphatic rings. The largest absolute Gasteiger partial charge is 0.384 e. The lowest BCUT2D eigenvalue weighted by Gasteiger charge is -2.05. The number of hydrogen-bond acceptors (Lipinski definition) is 3. The summed E-state index contributed by atoms with van der Waals surface area (Å²) in [6.45, 7) is -0.255. The molecule has 94 valence electrons. The Morgan fingerprint density at radius 2 is 2.00 bits per heavy atom. The third-order valence-electron chi connectivity index (χ3n) is 2.36. The van der Waals surface area contributed by atoms with Gasteiger partial charge < -0.3 is 10.4 Å². The maximum absolute atomic E-state index is 12.1. The van der Waals surface area contributed by atoms with E-state index in [2.05, 4.69) is 22.1 Å². The molecule has 2 rings (SSSR count). The zero-order valence-corrected chi connectivity index (χ0v) is 10.1. The van der Waals surface area contributed by atoms with E-state index in [0.29, 0.717) is 11.3 Å². The zero-order valence-electron chi connectivity index (χ0n) is 10.1. The molecule has 1 aromatic heterocycles. The third kappa shape index (κ3) is 3.41. The second-order valence-corrected chi connectivity index (χ2v) is 3.68. The number of nitrogens with one attached hydrogen (secondary N) is 1. The number of rotatable bonds is 2. The lowest BCUT2D eigenvalue weighted by molar-refractivity contribution is 0.102. The molecule has 2 N–H and O–H groups in total. The van der Waals surface area contributed by atoms with Gasteiger partial charge in [-0.25, -0.2) is 4.98 Å². The van der Waals surface area contributed by atoms with Gasteiger partial charge in [0.05, 0.1) is 5.56 Å². The number of carbonyl (C=O) groups excluding carboxylic acids is 1. The van der Waals surface area contributed by atoms with E-state index < -0.39 is 0 Å². The molecule has 0 aliphatic carbocycles. The fourth-order valence-corrected chi connectivity index (χ4v) is 1.53. The summed E-state index contributed by atoms with van der Waals surface area (Å²) in [7, 11) is 0. The Morgan fingerprint density at radius 3 is 2.74 bits per heavy atom. The number of aliphatic hydroxyl groups is 1. The van der Waals surface area contributed by atoms with Crippen LogP contribution in [0.2, 0.25) is 0 Å². The SMILES string of the molecule is O=C(Nc1ccccc1)c1ncccc1C#CCO. The minimum atomic E-state index is -0.325. The summed E-state index contributed by atoms with van der Waals surface area (Å²) in [6, 6.07) is 12.5. The van der Waals surface area contributed by atoms with Crippen LogP contribution in [0, 0.1) is 11.8 Å². The topological polar surface area (TPSA) is 62.2 Å². The van der Waals surface area contributed by atoms with Crippen LogP contribution in [0.25, 0.3) is 0 Å². The highest BCUT2D eigenvalue weighted by atomic mass is 16.2. The lowest BCUT2D eigenvalue weighted by Crippen LogP contribution is -2.15. The molecule has 0 radical (unpaired) electrons. The van der Waals surface area contributed by atoms with E-state index in [4.69, 9.17) is 5.11 Å². The number of amides is 1. The summed E-state index contributed by atoms with van der Waals surface area (Å²) in [5.74, 6) is 4.89. The van der Waals surface area contributed by atoms with Crippen molar-refractivity contribution >= 4 is 11.6 Å². The second-order valence-electron chi connectivity index (χ2n) is 3.68. The van der Waals surface area contributed by atoms with Crippen LogP contribution in [0.1, 0.15) is 16.1 Å². The highest BCUT2D eigenvalue weighted by molar-refractivity contribution is 6.04. The summed E-state index contributed by atoms with van der Waals surface area (Å²) in [5, 5.41) is 11.4. The van der Waals surface area contributed by atoms with Crippen molar-refractivity contribution in [3.8, 4) is 11.8 Å². The summed E-state index contributed by atoms with van der Waals surface area (Å²) >= 11 is 0. The number of pyridine rings is 1. The summed E-state index contributed by atoms with van der Waals surface area (Å²) in [6.07, 6.45) is 1.53. The minimum absolute atomic E-state index is 0.243. The third-order valence-corrected chi connectivity index (χ3v) is 2.36. The van der Waals surface area contributed by atoms with Gasteiger partial charge in [0.25, 0.3) is 5.91 Å². The number of aliphatic hydroxyl groups excluding tert-OH is 1. The highest BCUT2D eigenvalue weighted by Gasteiger charge is 2.11. The van der Waals surface area contributed by atoms with Gasteiger partial charge in [0.1, 0.15) is 12.3 Å². The smallest absolute Gasteiger partial charge is 0.275 e. The molecule has 0 bridgehead atoms. The monoisotopic (exact) mass is 252 g/mol. The Hall–Kier alpha value is -2.64. The second kappa shape index (κ2) is 6.34. The van der Waals surface area contributed by atoms with Gasteiger partial charge in [-0.3, -0.25) is 4.79 Å². The molecule has 0 saturated carbocycles. The van der Waals surface area contributed by atoms with Crippen molar-refractivity contribution in [1.82, 2.24) is 4.98 Å². The summed E-state index contributed by atoms with van der Waals surface area (Å²) in [5.41, 5.74) is 1.43. The van der Waals surface area contributed by atoms with Crippen molar-refractivity contribution in [2.24, 2.45) is 0 Å².